The molecule has 2 aromatic carbocycles. The van der Waals surface area contributed by atoms with E-state index in [-0.39, 0.29) is 12.0 Å². The van der Waals surface area contributed by atoms with Crippen LogP contribution in [0.2, 0.25) is 0 Å². The first-order chi connectivity index (χ1) is 12.0. The van der Waals surface area contributed by atoms with E-state index in [0.717, 1.165) is 37.5 Å². The SMILES string of the molecule is Cc1ccc(C(=O)N2CCN(c3ccc(OC(C)C)cc3)CC2)cc1. The first kappa shape index (κ1) is 17.3. The lowest BCUT2D eigenvalue weighted by atomic mass is 10.1. The Morgan fingerprint density at radius 2 is 1.52 bits per heavy atom. The summed E-state index contributed by atoms with van der Waals surface area (Å²) < 4.78 is 5.69. The van der Waals surface area contributed by atoms with Gasteiger partial charge in [-0.25, -0.2) is 0 Å². The second-order valence-corrected chi connectivity index (χ2v) is 6.81. The highest BCUT2D eigenvalue weighted by molar-refractivity contribution is 5.94. The van der Waals surface area contributed by atoms with Gasteiger partial charge in [0.25, 0.3) is 5.91 Å². The Hall–Kier alpha value is -2.49. The summed E-state index contributed by atoms with van der Waals surface area (Å²) >= 11 is 0. The van der Waals surface area contributed by atoms with Crippen molar-refractivity contribution in [3.05, 3.63) is 59.7 Å². The number of anilines is 1. The third-order valence-corrected chi connectivity index (χ3v) is 4.44. The molecule has 4 nitrogen and oxygen atoms in total. The van der Waals surface area contributed by atoms with E-state index in [1.165, 1.54) is 11.3 Å². The molecule has 0 atom stereocenters. The van der Waals surface area contributed by atoms with Gasteiger partial charge in [-0.3, -0.25) is 4.79 Å². The number of hydrogen-bond donors (Lipinski definition) is 0. The monoisotopic (exact) mass is 338 g/mol. The number of nitrogens with zero attached hydrogens (tertiary/aromatic N) is 2. The highest BCUT2D eigenvalue weighted by atomic mass is 16.5. The normalized spacial score (nSPS) is 14.7. The quantitative estimate of drug-likeness (QED) is 0.851. The Kier molecular flexibility index (Phi) is 5.27. The van der Waals surface area contributed by atoms with Crippen LogP contribution in [0.5, 0.6) is 5.75 Å². The number of ether oxygens (including phenoxy) is 1. The highest BCUT2D eigenvalue weighted by Crippen LogP contribution is 2.22. The number of aryl methyl sites for hydroxylation is 1. The number of piperazine rings is 1. The van der Waals surface area contributed by atoms with Crippen molar-refractivity contribution in [2.45, 2.75) is 26.9 Å². The molecule has 25 heavy (non-hydrogen) atoms. The van der Waals surface area contributed by atoms with E-state index in [9.17, 15) is 4.79 Å². The first-order valence-electron chi connectivity index (χ1n) is 8.90. The third kappa shape index (κ3) is 4.32. The summed E-state index contributed by atoms with van der Waals surface area (Å²) in [5.74, 6) is 1.02. The maximum absolute atomic E-state index is 12.6. The van der Waals surface area contributed by atoms with Crippen LogP contribution >= 0.6 is 0 Å². The van der Waals surface area contributed by atoms with Gasteiger partial charge < -0.3 is 14.5 Å². The van der Waals surface area contributed by atoms with E-state index < -0.39 is 0 Å². The van der Waals surface area contributed by atoms with Crippen LogP contribution in [-0.4, -0.2) is 43.1 Å². The highest BCUT2D eigenvalue weighted by Gasteiger charge is 2.22. The molecule has 0 saturated carbocycles. The van der Waals surface area contributed by atoms with Crippen molar-refractivity contribution < 1.29 is 9.53 Å². The van der Waals surface area contributed by atoms with Crippen molar-refractivity contribution in [2.75, 3.05) is 31.1 Å². The van der Waals surface area contributed by atoms with Crippen LogP contribution in [0.15, 0.2) is 48.5 Å². The number of hydrogen-bond acceptors (Lipinski definition) is 3. The first-order valence-corrected chi connectivity index (χ1v) is 8.90. The summed E-state index contributed by atoms with van der Waals surface area (Å²) in [6.07, 6.45) is 0.183. The molecule has 1 aliphatic rings. The fourth-order valence-electron chi connectivity index (χ4n) is 3.05. The van der Waals surface area contributed by atoms with Crippen LogP contribution in [0.4, 0.5) is 5.69 Å². The molecule has 1 aliphatic heterocycles. The molecule has 0 aliphatic carbocycles. The molecule has 2 aromatic rings. The number of benzene rings is 2. The number of carbonyl (C=O) groups is 1. The summed E-state index contributed by atoms with van der Waals surface area (Å²) in [5.41, 5.74) is 3.12. The van der Waals surface area contributed by atoms with E-state index in [2.05, 4.69) is 17.0 Å². The zero-order chi connectivity index (χ0) is 17.8. The van der Waals surface area contributed by atoms with Crippen LogP contribution in [0.1, 0.15) is 29.8 Å². The minimum Gasteiger partial charge on any atom is -0.491 e. The van der Waals surface area contributed by atoms with E-state index in [4.69, 9.17) is 4.74 Å². The van der Waals surface area contributed by atoms with E-state index >= 15 is 0 Å². The van der Waals surface area contributed by atoms with Crippen LogP contribution in [-0.2, 0) is 0 Å². The van der Waals surface area contributed by atoms with E-state index in [1.807, 2.05) is 62.1 Å². The summed E-state index contributed by atoms with van der Waals surface area (Å²) in [6.45, 7) is 9.28. The van der Waals surface area contributed by atoms with Gasteiger partial charge in [0.05, 0.1) is 6.10 Å². The molecule has 0 spiro atoms. The predicted octanol–water partition coefficient (Wildman–Crippen LogP) is 3.74. The molecule has 0 N–H and O–H groups in total. The second-order valence-electron chi connectivity index (χ2n) is 6.81. The van der Waals surface area contributed by atoms with Crippen molar-refractivity contribution >= 4 is 11.6 Å². The van der Waals surface area contributed by atoms with Gasteiger partial charge in [-0.1, -0.05) is 17.7 Å². The molecule has 1 saturated heterocycles. The van der Waals surface area contributed by atoms with Gasteiger partial charge in [-0.2, -0.15) is 0 Å². The largest absolute Gasteiger partial charge is 0.491 e. The van der Waals surface area contributed by atoms with E-state index in [0.29, 0.717) is 0 Å². The molecule has 0 radical (unpaired) electrons. The lowest BCUT2D eigenvalue weighted by molar-refractivity contribution is 0.0747. The molecule has 0 aromatic heterocycles. The van der Waals surface area contributed by atoms with Crippen molar-refractivity contribution in [1.29, 1.82) is 0 Å². The van der Waals surface area contributed by atoms with Gasteiger partial charge in [-0.05, 0) is 57.2 Å². The summed E-state index contributed by atoms with van der Waals surface area (Å²) in [4.78, 5) is 16.9. The molecule has 132 valence electrons. The van der Waals surface area contributed by atoms with Crippen molar-refractivity contribution in [2.24, 2.45) is 0 Å². The van der Waals surface area contributed by atoms with Gasteiger partial charge in [-0.15, -0.1) is 0 Å². The molecule has 4 heteroatoms. The van der Waals surface area contributed by atoms with Crippen molar-refractivity contribution in [1.82, 2.24) is 4.90 Å². The van der Waals surface area contributed by atoms with Gasteiger partial charge in [0.15, 0.2) is 0 Å². The molecular weight excluding hydrogens is 312 g/mol. The minimum atomic E-state index is 0.125. The zero-order valence-corrected chi connectivity index (χ0v) is 15.2. The summed E-state index contributed by atoms with van der Waals surface area (Å²) in [5, 5.41) is 0. The van der Waals surface area contributed by atoms with Crippen LogP contribution < -0.4 is 9.64 Å². The number of amides is 1. The Bertz CT molecular complexity index is 700. The Morgan fingerprint density at radius 1 is 0.920 bits per heavy atom. The topological polar surface area (TPSA) is 32.8 Å². The summed E-state index contributed by atoms with van der Waals surface area (Å²) in [6, 6.07) is 16.0. The van der Waals surface area contributed by atoms with Crippen molar-refractivity contribution in [3.8, 4) is 5.75 Å². The van der Waals surface area contributed by atoms with Gasteiger partial charge in [0.1, 0.15) is 5.75 Å². The van der Waals surface area contributed by atoms with Crippen LogP contribution in [0, 0.1) is 6.92 Å². The number of carbonyl (C=O) groups excluding carboxylic acids is 1. The maximum Gasteiger partial charge on any atom is 0.253 e. The molecule has 1 fully saturated rings. The molecule has 0 unspecified atom stereocenters. The Morgan fingerprint density at radius 3 is 2.08 bits per heavy atom. The lowest BCUT2D eigenvalue weighted by Gasteiger charge is -2.36. The average Bonchev–Trinajstić information content (AvgIpc) is 2.62. The molecule has 3 rings (SSSR count). The smallest absolute Gasteiger partial charge is 0.253 e. The predicted molar refractivity (Wildman–Crippen MR) is 102 cm³/mol. The minimum absolute atomic E-state index is 0.125. The van der Waals surface area contributed by atoms with Crippen molar-refractivity contribution in [3.63, 3.8) is 0 Å². The second kappa shape index (κ2) is 7.60. The zero-order valence-electron chi connectivity index (χ0n) is 15.2. The third-order valence-electron chi connectivity index (χ3n) is 4.44. The average molecular weight is 338 g/mol. The maximum atomic E-state index is 12.6. The van der Waals surface area contributed by atoms with Gasteiger partial charge >= 0.3 is 0 Å². The van der Waals surface area contributed by atoms with Crippen LogP contribution in [0.3, 0.4) is 0 Å². The summed E-state index contributed by atoms with van der Waals surface area (Å²) in [7, 11) is 0. The fraction of sp³-hybridized carbons (Fsp3) is 0.381. The Balaban J connectivity index is 1.58. The lowest BCUT2D eigenvalue weighted by Crippen LogP contribution is -2.48. The number of rotatable bonds is 4. The standard InChI is InChI=1S/C21H26N2O2/c1-16(2)25-20-10-8-19(9-11-20)22-12-14-23(15-13-22)21(24)18-6-4-17(3)5-7-18/h4-11,16H,12-15H2,1-3H3. The van der Waals surface area contributed by atoms with Crippen LogP contribution in [0.25, 0.3) is 0 Å². The van der Waals surface area contributed by atoms with Gasteiger partial charge in [0.2, 0.25) is 0 Å². The molecule has 1 heterocycles. The Labute approximate surface area is 150 Å². The van der Waals surface area contributed by atoms with E-state index in [1.54, 1.807) is 0 Å². The molecular formula is C21H26N2O2. The van der Waals surface area contributed by atoms with Gasteiger partial charge in [0, 0.05) is 37.4 Å². The molecule has 1 amide bonds. The molecule has 0 bridgehead atoms. The fourth-order valence-corrected chi connectivity index (χ4v) is 3.05.